The average molecular weight is 385 g/mol. The second-order valence-electron chi connectivity index (χ2n) is 6.52. The van der Waals surface area contributed by atoms with Crippen LogP contribution in [0.2, 0.25) is 5.02 Å². The van der Waals surface area contributed by atoms with E-state index in [1.807, 2.05) is 36.4 Å². The number of benzene rings is 2. The van der Waals surface area contributed by atoms with E-state index >= 15 is 0 Å². The van der Waals surface area contributed by atoms with Crippen LogP contribution < -0.4 is 15.0 Å². The molecule has 2 aliphatic rings. The molecule has 0 aromatic heterocycles. The van der Waals surface area contributed by atoms with Crippen LogP contribution in [0, 0.1) is 0 Å². The van der Waals surface area contributed by atoms with Crippen LogP contribution >= 0.6 is 11.6 Å². The Bertz CT molecular complexity index is 876. The first-order chi connectivity index (χ1) is 13.2. The molecule has 0 atom stereocenters. The Morgan fingerprint density at radius 2 is 2.00 bits per heavy atom. The molecule has 1 N–H and O–H groups in total. The standard InChI is InChI=1S/C21H21ClN2O3/c22-17-2-1-3-18(21(17)24-9-12-26-13-10-24)23-20(25)7-5-15-4-6-19-16(14-15)8-11-27-19/h1-7,14H,8-13H2,(H,23,25)/b7-5+. The van der Waals surface area contributed by atoms with Crippen LogP contribution in [0.4, 0.5) is 11.4 Å². The van der Waals surface area contributed by atoms with E-state index in [0.29, 0.717) is 23.9 Å². The Labute approximate surface area is 163 Å². The molecule has 0 unspecified atom stereocenters. The van der Waals surface area contributed by atoms with Crippen LogP contribution in [0.5, 0.6) is 5.75 Å². The molecule has 2 aromatic rings. The fourth-order valence-electron chi connectivity index (χ4n) is 3.38. The minimum Gasteiger partial charge on any atom is -0.493 e. The molecule has 0 bridgehead atoms. The summed E-state index contributed by atoms with van der Waals surface area (Å²) in [6.07, 6.45) is 4.27. The second kappa shape index (κ2) is 8.03. The van der Waals surface area contributed by atoms with Crippen LogP contribution in [0.25, 0.3) is 6.08 Å². The number of halogens is 1. The monoisotopic (exact) mass is 384 g/mol. The number of nitrogens with zero attached hydrogens (tertiary/aromatic N) is 1. The van der Waals surface area contributed by atoms with Gasteiger partial charge in [0.25, 0.3) is 0 Å². The summed E-state index contributed by atoms with van der Waals surface area (Å²) in [6.45, 7) is 3.53. The predicted octanol–water partition coefficient (Wildman–Crippen LogP) is 3.76. The van der Waals surface area contributed by atoms with E-state index in [1.54, 1.807) is 6.08 Å². The van der Waals surface area contributed by atoms with Gasteiger partial charge in [-0.25, -0.2) is 0 Å². The largest absolute Gasteiger partial charge is 0.493 e. The number of amides is 1. The Kier molecular flexibility index (Phi) is 5.32. The molecule has 140 valence electrons. The molecular weight excluding hydrogens is 364 g/mol. The van der Waals surface area contributed by atoms with Crippen molar-refractivity contribution in [1.82, 2.24) is 0 Å². The number of nitrogens with one attached hydrogen (secondary N) is 1. The van der Waals surface area contributed by atoms with Crippen LogP contribution in [0.1, 0.15) is 11.1 Å². The van der Waals surface area contributed by atoms with Crippen molar-refractivity contribution in [2.45, 2.75) is 6.42 Å². The SMILES string of the molecule is O=C(/C=C/c1ccc2c(c1)CCO2)Nc1cccc(Cl)c1N1CCOCC1. The second-order valence-corrected chi connectivity index (χ2v) is 6.93. The highest BCUT2D eigenvalue weighted by Crippen LogP contribution is 2.34. The van der Waals surface area contributed by atoms with Gasteiger partial charge in [-0.1, -0.05) is 23.7 Å². The normalized spacial score (nSPS) is 16.3. The molecule has 1 saturated heterocycles. The number of carbonyl (C=O) groups excluding carboxylic acids is 1. The number of hydrogen-bond acceptors (Lipinski definition) is 4. The van der Waals surface area contributed by atoms with Crippen LogP contribution in [0.15, 0.2) is 42.5 Å². The summed E-state index contributed by atoms with van der Waals surface area (Å²) in [5.41, 5.74) is 3.72. The highest BCUT2D eigenvalue weighted by Gasteiger charge is 2.18. The van der Waals surface area contributed by atoms with Crippen molar-refractivity contribution >= 4 is 35.0 Å². The molecule has 2 aliphatic heterocycles. The molecule has 27 heavy (non-hydrogen) atoms. The summed E-state index contributed by atoms with van der Waals surface area (Å²) >= 11 is 6.41. The third kappa shape index (κ3) is 4.10. The number of carbonyl (C=O) groups is 1. The molecule has 0 radical (unpaired) electrons. The topological polar surface area (TPSA) is 50.8 Å². The molecule has 5 nitrogen and oxygen atoms in total. The summed E-state index contributed by atoms with van der Waals surface area (Å²) in [5, 5.41) is 3.58. The molecule has 6 heteroatoms. The van der Waals surface area contributed by atoms with Crippen molar-refractivity contribution in [2.75, 3.05) is 43.1 Å². The zero-order valence-electron chi connectivity index (χ0n) is 14.9. The molecule has 0 aliphatic carbocycles. The number of rotatable bonds is 4. The maximum Gasteiger partial charge on any atom is 0.248 e. The number of hydrogen-bond donors (Lipinski definition) is 1. The molecule has 1 fully saturated rings. The quantitative estimate of drug-likeness (QED) is 0.815. The molecule has 0 saturated carbocycles. The lowest BCUT2D eigenvalue weighted by atomic mass is 10.1. The lowest BCUT2D eigenvalue weighted by Crippen LogP contribution is -2.37. The lowest BCUT2D eigenvalue weighted by Gasteiger charge is -2.31. The summed E-state index contributed by atoms with van der Waals surface area (Å²) in [6, 6.07) is 11.5. The van der Waals surface area contributed by atoms with Crippen LogP contribution in [0.3, 0.4) is 0 Å². The smallest absolute Gasteiger partial charge is 0.248 e. The van der Waals surface area contributed by atoms with Gasteiger partial charge in [0.05, 0.1) is 36.2 Å². The van der Waals surface area contributed by atoms with Gasteiger partial charge in [-0.15, -0.1) is 0 Å². The van der Waals surface area contributed by atoms with Gasteiger partial charge in [-0.2, -0.15) is 0 Å². The first-order valence-corrected chi connectivity index (χ1v) is 9.44. The van der Waals surface area contributed by atoms with Gasteiger partial charge in [0.2, 0.25) is 5.91 Å². The number of fused-ring (bicyclic) bond motifs is 1. The van der Waals surface area contributed by atoms with Crippen LogP contribution in [-0.4, -0.2) is 38.8 Å². The van der Waals surface area contributed by atoms with Crippen molar-refractivity contribution in [3.8, 4) is 5.75 Å². The van der Waals surface area contributed by atoms with Gasteiger partial charge >= 0.3 is 0 Å². The van der Waals surface area contributed by atoms with E-state index in [9.17, 15) is 4.79 Å². The minimum atomic E-state index is -0.191. The van der Waals surface area contributed by atoms with Gasteiger partial charge in [-0.05, 0) is 41.5 Å². The maximum atomic E-state index is 12.5. The van der Waals surface area contributed by atoms with Gasteiger partial charge < -0.3 is 19.7 Å². The molecule has 2 heterocycles. The van der Waals surface area contributed by atoms with Crippen molar-refractivity contribution in [2.24, 2.45) is 0 Å². The Morgan fingerprint density at radius 1 is 1.15 bits per heavy atom. The number of anilines is 2. The van der Waals surface area contributed by atoms with Crippen molar-refractivity contribution in [3.05, 3.63) is 58.6 Å². The molecule has 4 rings (SSSR count). The summed E-state index contributed by atoms with van der Waals surface area (Å²) < 4.78 is 10.9. The highest BCUT2D eigenvalue weighted by molar-refractivity contribution is 6.34. The van der Waals surface area contributed by atoms with Gasteiger partial charge in [0, 0.05) is 25.6 Å². The highest BCUT2D eigenvalue weighted by atomic mass is 35.5. The third-order valence-electron chi connectivity index (χ3n) is 4.71. The first-order valence-electron chi connectivity index (χ1n) is 9.07. The van der Waals surface area contributed by atoms with E-state index in [2.05, 4.69) is 16.3 Å². The maximum absolute atomic E-state index is 12.5. The summed E-state index contributed by atoms with van der Waals surface area (Å²) in [5.74, 6) is 0.745. The van der Waals surface area contributed by atoms with E-state index in [0.717, 1.165) is 43.1 Å². The Balaban J connectivity index is 1.49. The molecule has 1 amide bonds. The van der Waals surface area contributed by atoms with Crippen LogP contribution in [-0.2, 0) is 16.0 Å². The van der Waals surface area contributed by atoms with E-state index in [1.165, 1.54) is 5.56 Å². The predicted molar refractivity (Wildman–Crippen MR) is 108 cm³/mol. The van der Waals surface area contributed by atoms with E-state index in [-0.39, 0.29) is 5.91 Å². The Morgan fingerprint density at radius 3 is 2.85 bits per heavy atom. The molecule has 0 spiro atoms. The molecular formula is C21H21ClN2O3. The van der Waals surface area contributed by atoms with Gasteiger partial charge in [0.1, 0.15) is 5.75 Å². The third-order valence-corrected chi connectivity index (χ3v) is 5.02. The minimum absolute atomic E-state index is 0.191. The van der Waals surface area contributed by atoms with E-state index in [4.69, 9.17) is 21.1 Å². The zero-order chi connectivity index (χ0) is 18.6. The van der Waals surface area contributed by atoms with Gasteiger partial charge in [0.15, 0.2) is 0 Å². The van der Waals surface area contributed by atoms with Crippen molar-refractivity contribution < 1.29 is 14.3 Å². The molecule has 2 aromatic carbocycles. The number of para-hydroxylation sites is 1. The Hall–Kier alpha value is -2.50. The average Bonchev–Trinajstić information content (AvgIpc) is 3.15. The fourth-order valence-corrected chi connectivity index (χ4v) is 3.68. The fraction of sp³-hybridized carbons (Fsp3) is 0.286. The number of morpholine rings is 1. The summed E-state index contributed by atoms with van der Waals surface area (Å²) in [7, 11) is 0. The van der Waals surface area contributed by atoms with Gasteiger partial charge in [-0.3, -0.25) is 4.79 Å². The number of ether oxygens (including phenoxy) is 2. The van der Waals surface area contributed by atoms with E-state index < -0.39 is 0 Å². The first kappa shape index (κ1) is 17.9. The lowest BCUT2D eigenvalue weighted by molar-refractivity contribution is -0.111. The van der Waals surface area contributed by atoms with Crippen molar-refractivity contribution in [1.29, 1.82) is 0 Å². The van der Waals surface area contributed by atoms with Crippen molar-refractivity contribution in [3.63, 3.8) is 0 Å². The summed E-state index contributed by atoms with van der Waals surface area (Å²) in [4.78, 5) is 14.6. The zero-order valence-corrected chi connectivity index (χ0v) is 15.7.